The minimum Gasteiger partial charge on any atom is -0.496 e. The molecule has 9 nitrogen and oxygen atoms in total. The summed E-state index contributed by atoms with van der Waals surface area (Å²) in [5.41, 5.74) is 1.97. The summed E-state index contributed by atoms with van der Waals surface area (Å²) in [7, 11) is 6.57. The number of likely N-dealkylation sites (N-methyl/N-ethyl adjacent to an activating group) is 1. The summed E-state index contributed by atoms with van der Waals surface area (Å²) in [4.78, 5) is 29.5. The fourth-order valence-electron chi connectivity index (χ4n) is 4.53. The van der Waals surface area contributed by atoms with Crippen LogP contribution >= 0.6 is 0 Å². The Morgan fingerprint density at radius 1 is 1.11 bits per heavy atom. The normalized spacial score (nSPS) is 21.3. The van der Waals surface area contributed by atoms with Gasteiger partial charge in [0.2, 0.25) is 5.91 Å². The van der Waals surface area contributed by atoms with E-state index < -0.39 is 0 Å². The van der Waals surface area contributed by atoms with Gasteiger partial charge in [0.15, 0.2) is 0 Å². The van der Waals surface area contributed by atoms with Crippen molar-refractivity contribution in [1.29, 1.82) is 0 Å². The van der Waals surface area contributed by atoms with Gasteiger partial charge in [0.1, 0.15) is 24.7 Å². The van der Waals surface area contributed by atoms with Crippen LogP contribution < -0.4 is 14.8 Å². The van der Waals surface area contributed by atoms with Crippen molar-refractivity contribution >= 4 is 17.5 Å². The molecule has 1 heterocycles. The molecular formula is C28H39N3O6. The van der Waals surface area contributed by atoms with E-state index in [4.69, 9.17) is 18.9 Å². The summed E-state index contributed by atoms with van der Waals surface area (Å²) in [5.74, 6) is 0.943. The molecule has 1 aliphatic rings. The Hall–Kier alpha value is -3.14. The number of fused-ring (bicyclic) bond motifs is 1. The van der Waals surface area contributed by atoms with E-state index in [0.717, 1.165) is 17.9 Å². The van der Waals surface area contributed by atoms with Crippen LogP contribution in [0.3, 0.4) is 0 Å². The highest BCUT2D eigenvalue weighted by molar-refractivity contribution is 5.99. The predicted octanol–water partition coefficient (Wildman–Crippen LogP) is 3.29. The minimum absolute atomic E-state index is 0.0334. The van der Waals surface area contributed by atoms with Gasteiger partial charge >= 0.3 is 0 Å². The molecule has 202 valence electrons. The van der Waals surface area contributed by atoms with E-state index in [0.29, 0.717) is 36.7 Å². The molecule has 3 atom stereocenters. The van der Waals surface area contributed by atoms with Crippen molar-refractivity contribution in [2.24, 2.45) is 5.92 Å². The Morgan fingerprint density at radius 2 is 1.86 bits per heavy atom. The largest absolute Gasteiger partial charge is 0.496 e. The second-order valence-electron chi connectivity index (χ2n) is 9.53. The Kier molecular flexibility index (Phi) is 10.3. The highest BCUT2D eigenvalue weighted by Crippen LogP contribution is 2.27. The van der Waals surface area contributed by atoms with E-state index in [1.165, 1.54) is 7.11 Å². The number of ether oxygens (including phenoxy) is 4. The number of methoxy groups -OCH3 is 3. The lowest BCUT2D eigenvalue weighted by molar-refractivity contribution is -0.119. The van der Waals surface area contributed by atoms with Crippen LogP contribution in [-0.4, -0.2) is 88.4 Å². The SMILES string of the molecule is COCC(=O)Nc1ccc2c(c1)C(=O)N(C)C[C@H](OC)[C@@H](C)CN(Cc1ccccc1OC)[C@H](C)CO2. The molecule has 3 rings (SSSR count). The fraction of sp³-hybridized carbons (Fsp3) is 0.500. The molecule has 9 heteroatoms. The number of rotatable bonds is 7. The van der Waals surface area contributed by atoms with E-state index in [9.17, 15) is 9.59 Å². The van der Waals surface area contributed by atoms with Crippen LogP contribution in [0.1, 0.15) is 29.8 Å². The molecule has 0 aliphatic carbocycles. The van der Waals surface area contributed by atoms with Crippen molar-refractivity contribution in [2.75, 3.05) is 60.0 Å². The molecule has 1 aliphatic heterocycles. The molecule has 0 radical (unpaired) electrons. The highest BCUT2D eigenvalue weighted by atomic mass is 16.5. The topological polar surface area (TPSA) is 89.6 Å². The molecule has 0 spiro atoms. The fourth-order valence-corrected chi connectivity index (χ4v) is 4.53. The number of carbonyl (C=O) groups is 2. The molecule has 0 unspecified atom stereocenters. The summed E-state index contributed by atoms with van der Waals surface area (Å²) in [6, 6.07) is 13.1. The first-order valence-corrected chi connectivity index (χ1v) is 12.5. The Bertz CT molecular complexity index is 1060. The molecule has 0 saturated heterocycles. The van der Waals surface area contributed by atoms with Crippen molar-refractivity contribution in [3.63, 3.8) is 0 Å². The number of hydrogen-bond acceptors (Lipinski definition) is 7. The molecule has 0 saturated carbocycles. The third kappa shape index (κ3) is 7.44. The maximum Gasteiger partial charge on any atom is 0.257 e. The van der Waals surface area contributed by atoms with Crippen LogP contribution in [0.5, 0.6) is 11.5 Å². The van der Waals surface area contributed by atoms with Crippen LogP contribution in [0, 0.1) is 5.92 Å². The summed E-state index contributed by atoms with van der Waals surface area (Å²) in [6.45, 7) is 6.39. The lowest BCUT2D eigenvalue weighted by Gasteiger charge is -2.36. The second-order valence-corrected chi connectivity index (χ2v) is 9.53. The van der Waals surface area contributed by atoms with Gasteiger partial charge in [-0.1, -0.05) is 25.1 Å². The first-order chi connectivity index (χ1) is 17.8. The van der Waals surface area contributed by atoms with Gasteiger partial charge in [-0.15, -0.1) is 0 Å². The molecular weight excluding hydrogens is 474 g/mol. The summed E-state index contributed by atoms with van der Waals surface area (Å²) < 4.78 is 22.6. The Morgan fingerprint density at radius 3 is 2.57 bits per heavy atom. The third-order valence-corrected chi connectivity index (χ3v) is 6.70. The molecule has 2 aromatic rings. The van der Waals surface area contributed by atoms with Gasteiger partial charge in [-0.2, -0.15) is 0 Å². The predicted molar refractivity (Wildman–Crippen MR) is 142 cm³/mol. The molecule has 2 aromatic carbocycles. The molecule has 0 aromatic heterocycles. The van der Waals surface area contributed by atoms with E-state index in [2.05, 4.69) is 30.1 Å². The number of hydrogen-bond donors (Lipinski definition) is 1. The van der Waals surface area contributed by atoms with Gasteiger partial charge in [-0.05, 0) is 37.1 Å². The van der Waals surface area contributed by atoms with Crippen LogP contribution in [0.25, 0.3) is 0 Å². The third-order valence-electron chi connectivity index (χ3n) is 6.70. The number of para-hydroxylation sites is 1. The molecule has 2 amide bonds. The van der Waals surface area contributed by atoms with Gasteiger partial charge in [0, 0.05) is 58.2 Å². The van der Waals surface area contributed by atoms with Crippen molar-refractivity contribution in [1.82, 2.24) is 9.80 Å². The zero-order valence-electron chi connectivity index (χ0n) is 22.7. The number of amides is 2. The van der Waals surface area contributed by atoms with Crippen molar-refractivity contribution < 1.29 is 28.5 Å². The van der Waals surface area contributed by atoms with Gasteiger partial charge in [-0.3, -0.25) is 14.5 Å². The van der Waals surface area contributed by atoms with Gasteiger partial charge in [0.05, 0.1) is 18.8 Å². The van der Waals surface area contributed by atoms with E-state index in [1.807, 2.05) is 18.2 Å². The standard InChI is InChI=1S/C28H39N3O6/c1-19-14-31(15-21-9-7-8-10-24(21)35-5)20(2)17-37-25-12-11-22(29-27(32)18-34-4)13-23(25)28(33)30(3)16-26(19)36-6/h7-13,19-20,26H,14-18H2,1-6H3,(H,29,32)/t19-,20+,26-/m0/s1. The van der Waals surface area contributed by atoms with E-state index >= 15 is 0 Å². The maximum absolute atomic E-state index is 13.5. The van der Waals surface area contributed by atoms with Gasteiger partial charge in [-0.25, -0.2) is 0 Å². The summed E-state index contributed by atoms with van der Waals surface area (Å²) in [6.07, 6.45) is -0.172. The van der Waals surface area contributed by atoms with Gasteiger partial charge < -0.3 is 29.2 Å². The summed E-state index contributed by atoms with van der Waals surface area (Å²) in [5, 5.41) is 2.76. The van der Waals surface area contributed by atoms with Crippen LogP contribution in [-0.2, 0) is 20.8 Å². The lowest BCUT2D eigenvalue weighted by atomic mass is 10.0. The van der Waals surface area contributed by atoms with Crippen molar-refractivity contribution in [3.8, 4) is 11.5 Å². The van der Waals surface area contributed by atoms with Crippen LogP contribution in [0.15, 0.2) is 42.5 Å². The van der Waals surface area contributed by atoms with E-state index in [-0.39, 0.29) is 36.5 Å². The number of carbonyl (C=O) groups excluding carboxylic acids is 2. The minimum atomic E-state index is -0.300. The molecule has 1 N–H and O–H groups in total. The lowest BCUT2D eigenvalue weighted by Crippen LogP contribution is -2.46. The monoisotopic (exact) mass is 513 g/mol. The average molecular weight is 514 g/mol. The first kappa shape index (κ1) is 28.4. The Labute approximate surface area is 219 Å². The van der Waals surface area contributed by atoms with Crippen LogP contribution in [0.2, 0.25) is 0 Å². The molecule has 0 fully saturated rings. The van der Waals surface area contributed by atoms with E-state index in [1.54, 1.807) is 44.4 Å². The maximum atomic E-state index is 13.5. The van der Waals surface area contributed by atoms with Crippen molar-refractivity contribution in [3.05, 3.63) is 53.6 Å². The first-order valence-electron chi connectivity index (χ1n) is 12.5. The average Bonchev–Trinajstić information content (AvgIpc) is 2.89. The molecule has 37 heavy (non-hydrogen) atoms. The zero-order valence-corrected chi connectivity index (χ0v) is 22.7. The number of benzene rings is 2. The molecule has 0 bridgehead atoms. The quantitative estimate of drug-likeness (QED) is 0.608. The highest BCUT2D eigenvalue weighted by Gasteiger charge is 2.29. The second kappa shape index (κ2) is 13.4. The Balaban J connectivity index is 1.94. The van der Waals surface area contributed by atoms with Gasteiger partial charge in [0.25, 0.3) is 5.91 Å². The van der Waals surface area contributed by atoms with Crippen LogP contribution in [0.4, 0.5) is 5.69 Å². The number of nitrogens with one attached hydrogen (secondary N) is 1. The smallest absolute Gasteiger partial charge is 0.257 e. The summed E-state index contributed by atoms with van der Waals surface area (Å²) >= 11 is 0. The number of nitrogens with zero attached hydrogens (tertiary/aromatic N) is 2. The number of anilines is 1. The van der Waals surface area contributed by atoms with Crippen molar-refractivity contribution in [2.45, 2.75) is 32.5 Å². The zero-order chi connectivity index (χ0) is 26.9.